The molecule has 0 saturated carbocycles. The summed E-state index contributed by atoms with van der Waals surface area (Å²) in [7, 11) is 0. The number of hydrogen-bond acceptors (Lipinski definition) is 18. The predicted molar refractivity (Wildman–Crippen MR) is 305 cm³/mol. The van der Waals surface area contributed by atoms with Crippen LogP contribution in [0.3, 0.4) is 0 Å². The predicted octanol–water partition coefficient (Wildman–Crippen LogP) is 6.32. The first-order valence-electron chi connectivity index (χ1n) is 31.6. The maximum absolute atomic E-state index is 13.3. The van der Waals surface area contributed by atoms with E-state index < -0.39 is 124 Å². The first-order valence-corrected chi connectivity index (χ1v) is 31.6. The number of ether oxygens (including phenoxy) is 6. The smallest absolute Gasteiger partial charge is 0.220 e. The number of carbonyl (C=O) groups is 1. The van der Waals surface area contributed by atoms with Crippen LogP contribution in [0.2, 0.25) is 0 Å². The Bertz CT molecular complexity index is 1560. The summed E-state index contributed by atoms with van der Waals surface area (Å²) in [5.74, 6) is -0.283. The third kappa shape index (κ3) is 28.0. The number of carbonyl (C=O) groups excluding carboxylic acids is 1. The molecule has 0 aromatic rings. The second-order valence-electron chi connectivity index (χ2n) is 22.9. The number of amides is 1. The second kappa shape index (κ2) is 44.7. The summed E-state index contributed by atoms with van der Waals surface area (Å²) >= 11 is 0. The number of allylic oxidation sites excluding steroid dienone is 3. The van der Waals surface area contributed by atoms with Gasteiger partial charge in [-0.15, -0.1) is 0 Å². The molecule has 19 heteroatoms. The highest BCUT2D eigenvalue weighted by molar-refractivity contribution is 5.76. The lowest BCUT2D eigenvalue weighted by Crippen LogP contribution is -2.66. The molecule has 0 spiro atoms. The average molecular weight is 1150 g/mol. The van der Waals surface area contributed by atoms with Gasteiger partial charge in [-0.3, -0.25) is 4.79 Å². The van der Waals surface area contributed by atoms with Crippen LogP contribution >= 0.6 is 0 Å². The van der Waals surface area contributed by atoms with Gasteiger partial charge in [0.25, 0.3) is 0 Å². The molecule has 3 aliphatic rings. The van der Waals surface area contributed by atoms with E-state index in [0.29, 0.717) is 12.8 Å². The lowest BCUT2D eigenvalue weighted by molar-refractivity contribution is -0.379. The molecule has 3 rings (SSSR count). The molecule has 470 valence electrons. The number of hydrogen-bond donors (Lipinski definition) is 12. The van der Waals surface area contributed by atoms with E-state index in [9.17, 15) is 61.0 Å². The molecule has 3 heterocycles. The van der Waals surface area contributed by atoms with Crippen LogP contribution in [0.5, 0.6) is 0 Å². The van der Waals surface area contributed by atoms with Crippen LogP contribution in [0.25, 0.3) is 0 Å². The highest BCUT2D eigenvalue weighted by atomic mass is 16.8. The van der Waals surface area contributed by atoms with Crippen LogP contribution in [0.1, 0.15) is 226 Å². The van der Waals surface area contributed by atoms with E-state index in [0.717, 1.165) is 38.5 Å². The Morgan fingerprint density at radius 2 is 0.800 bits per heavy atom. The summed E-state index contributed by atoms with van der Waals surface area (Å²) in [6.07, 6.45) is 20.1. The first kappa shape index (κ1) is 72.5. The van der Waals surface area contributed by atoms with Crippen LogP contribution < -0.4 is 5.32 Å². The molecule has 0 bridgehead atoms. The Morgan fingerprint density at radius 1 is 0.438 bits per heavy atom. The van der Waals surface area contributed by atoms with Crippen molar-refractivity contribution in [3.05, 3.63) is 24.3 Å². The Hall–Kier alpha value is -1.73. The largest absolute Gasteiger partial charge is 0.394 e. The minimum Gasteiger partial charge on any atom is -0.394 e. The highest BCUT2D eigenvalue weighted by Crippen LogP contribution is 2.33. The van der Waals surface area contributed by atoms with Crippen molar-refractivity contribution in [1.29, 1.82) is 0 Å². The van der Waals surface area contributed by atoms with Gasteiger partial charge in [0.15, 0.2) is 18.9 Å². The number of nitrogens with one attached hydrogen (secondary N) is 1. The number of unbranched alkanes of at least 4 members (excludes halogenated alkanes) is 29. The van der Waals surface area contributed by atoms with Gasteiger partial charge in [0.05, 0.1) is 38.6 Å². The van der Waals surface area contributed by atoms with E-state index in [1.165, 1.54) is 154 Å². The zero-order valence-corrected chi connectivity index (χ0v) is 49.1. The summed E-state index contributed by atoms with van der Waals surface area (Å²) in [5, 5.41) is 120. The van der Waals surface area contributed by atoms with E-state index in [1.807, 2.05) is 6.08 Å². The fraction of sp³-hybridized carbons (Fsp3) is 0.918. The number of rotatable bonds is 47. The first-order chi connectivity index (χ1) is 38.8. The van der Waals surface area contributed by atoms with Crippen molar-refractivity contribution in [2.75, 3.05) is 26.4 Å². The molecule has 3 fully saturated rings. The van der Waals surface area contributed by atoms with Crippen LogP contribution in [0.15, 0.2) is 24.3 Å². The van der Waals surface area contributed by atoms with Gasteiger partial charge >= 0.3 is 0 Å². The van der Waals surface area contributed by atoms with Gasteiger partial charge in [0, 0.05) is 6.42 Å². The molecule has 17 unspecified atom stereocenters. The lowest BCUT2D eigenvalue weighted by Gasteiger charge is -2.48. The molecule has 0 aromatic carbocycles. The van der Waals surface area contributed by atoms with E-state index >= 15 is 0 Å². The normalized spacial score (nSPS) is 30.1. The van der Waals surface area contributed by atoms with Crippen molar-refractivity contribution >= 4 is 5.91 Å². The molecule has 0 aromatic heterocycles. The molecular formula is C61H113NO18. The van der Waals surface area contributed by atoms with Crippen molar-refractivity contribution in [3.63, 3.8) is 0 Å². The molecule has 3 saturated heterocycles. The lowest BCUT2D eigenvalue weighted by atomic mass is 9.96. The molecule has 3 aliphatic heterocycles. The quantitative estimate of drug-likeness (QED) is 0.0234. The van der Waals surface area contributed by atoms with Crippen LogP contribution in [-0.2, 0) is 33.2 Å². The van der Waals surface area contributed by atoms with Crippen molar-refractivity contribution in [2.24, 2.45) is 0 Å². The second-order valence-corrected chi connectivity index (χ2v) is 22.9. The average Bonchev–Trinajstić information content (AvgIpc) is 3.50. The van der Waals surface area contributed by atoms with E-state index in [-0.39, 0.29) is 18.9 Å². The van der Waals surface area contributed by atoms with E-state index in [1.54, 1.807) is 6.08 Å². The van der Waals surface area contributed by atoms with Gasteiger partial charge in [-0.05, 0) is 32.1 Å². The topological polar surface area (TPSA) is 307 Å². The monoisotopic (exact) mass is 1150 g/mol. The summed E-state index contributed by atoms with van der Waals surface area (Å²) in [6, 6.07) is -0.985. The standard InChI is InChI=1S/C61H113NO18/c1-3-5-7-9-11-13-15-17-19-21-22-23-24-26-28-30-32-34-36-38-45(66)44(62-49(67)39-37-35-33-31-29-27-25-20-18-16-14-12-10-8-6-4-2)43-75-59-55(73)52(70)57(47(41-64)77-59)80-61-56(74)53(71)58(48(42-65)78-61)79-60-54(72)51(69)50(68)46(40-63)76-60/h28,30,36,38,44-48,50-61,63-66,68-74H,3-27,29,31-35,37,39-43H2,1-2H3,(H,62,67)/b30-28+,38-36+. The Kier molecular flexibility index (Phi) is 40.5. The Balaban J connectivity index is 1.50. The van der Waals surface area contributed by atoms with Gasteiger partial charge in [0.2, 0.25) is 5.91 Å². The summed E-state index contributed by atoms with van der Waals surface area (Å²) < 4.78 is 34.3. The third-order valence-electron chi connectivity index (χ3n) is 16.0. The molecule has 0 radical (unpaired) electrons. The van der Waals surface area contributed by atoms with Crippen molar-refractivity contribution in [1.82, 2.24) is 5.32 Å². The van der Waals surface area contributed by atoms with Crippen LogP contribution in [0.4, 0.5) is 0 Å². The van der Waals surface area contributed by atoms with E-state index in [2.05, 4.69) is 31.3 Å². The molecule has 19 nitrogen and oxygen atoms in total. The Labute approximate surface area is 479 Å². The SMILES string of the molecule is CCCCCCCCCCCCCCC/C=C/CC/C=C/C(O)C(COC1OC(CO)C(OC2OC(CO)C(OC3OC(CO)C(O)C(O)C3O)C(O)C2O)C(O)C1O)NC(=O)CCCCCCCCCCCCCCCCCC. The van der Waals surface area contributed by atoms with Gasteiger partial charge in [-0.2, -0.15) is 0 Å². The van der Waals surface area contributed by atoms with Gasteiger partial charge < -0.3 is 89.9 Å². The fourth-order valence-electron chi connectivity index (χ4n) is 10.8. The van der Waals surface area contributed by atoms with Crippen LogP contribution in [-0.4, -0.2) is 193 Å². The highest BCUT2D eigenvalue weighted by Gasteiger charge is 2.53. The van der Waals surface area contributed by atoms with Gasteiger partial charge in [0.1, 0.15) is 73.2 Å². The van der Waals surface area contributed by atoms with Gasteiger partial charge in [-0.25, -0.2) is 0 Å². The minimum atomic E-state index is -1.98. The maximum atomic E-state index is 13.3. The molecule has 12 N–H and O–H groups in total. The molecule has 0 aliphatic carbocycles. The van der Waals surface area contributed by atoms with Crippen molar-refractivity contribution in [3.8, 4) is 0 Å². The van der Waals surface area contributed by atoms with E-state index in [4.69, 9.17) is 28.4 Å². The number of aliphatic hydroxyl groups excluding tert-OH is 11. The molecule has 1 amide bonds. The minimum absolute atomic E-state index is 0.240. The number of aliphatic hydroxyl groups is 11. The molecule has 17 atom stereocenters. The maximum Gasteiger partial charge on any atom is 0.220 e. The van der Waals surface area contributed by atoms with Crippen LogP contribution in [0, 0.1) is 0 Å². The van der Waals surface area contributed by atoms with Crippen molar-refractivity contribution < 1.29 is 89.4 Å². The zero-order chi connectivity index (χ0) is 58.3. The fourth-order valence-corrected chi connectivity index (χ4v) is 10.8. The molecular weight excluding hydrogens is 1030 g/mol. The summed E-state index contributed by atoms with van der Waals surface area (Å²) in [5.41, 5.74) is 0. The molecule has 80 heavy (non-hydrogen) atoms. The summed E-state index contributed by atoms with van der Waals surface area (Å²) in [6.45, 7) is 1.72. The van der Waals surface area contributed by atoms with Crippen molar-refractivity contribution in [2.45, 2.75) is 330 Å². The Morgan fingerprint density at radius 3 is 1.25 bits per heavy atom. The van der Waals surface area contributed by atoms with Gasteiger partial charge in [-0.1, -0.05) is 212 Å². The summed E-state index contributed by atoms with van der Waals surface area (Å²) in [4.78, 5) is 13.3. The third-order valence-corrected chi connectivity index (χ3v) is 16.0. The zero-order valence-electron chi connectivity index (χ0n) is 49.1.